The predicted octanol–water partition coefficient (Wildman–Crippen LogP) is 0.953. The van der Waals surface area contributed by atoms with E-state index in [0.29, 0.717) is 31.7 Å². The van der Waals surface area contributed by atoms with Crippen LogP contribution in [0.25, 0.3) is 0 Å². The van der Waals surface area contributed by atoms with Crippen LogP contribution < -0.4 is 0 Å². The van der Waals surface area contributed by atoms with Crippen molar-refractivity contribution in [2.75, 3.05) is 19.6 Å². The number of piperidine rings is 1. The van der Waals surface area contributed by atoms with Gasteiger partial charge in [0.05, 0.1) is 0 Å². The number of aryl methyl sites for hydroxylation is 1. The third-order valence-corrected chi connectivity index (χ3v) is 5.47. The summed E-state index contributed by atoms with van der Waals surface area (Å²) in [5.74, 6) is -1.13. The quantitative estimate of drug-likeness (QED) is 0.874. The summed E-state index contributed by atoms with van der Waals surface area (Å²) in [6.07, 6.45) is 3.79. The Morgan fingerprint density at radius 3 is 2.38 bits per heavy atom. The monoisotopic (exact) mass is 333 g/mol. The first-order valence-electron chi connectivity index (χ1n) is 8.24. The fourth-order valence-electron chi connectivity index (χ4n) is 4.00. The van der Waals surface area contributed by atoms with Crippen LogP contribution in [0.5, 0.6) is 0 Å². The third-order valence-electron chi connectivity index (χ3n) is 5.47. The Labute approximate surface area is 140 Å². The lowest BCUT2D eigenvalue weighted by Crippen LogP contribution is -2.45. The molecule has 2 amide bonds. The Bertz CT molecular complexity index is 649. The summed E-state index contributed by atoms with van der Waals surface area (Å²) in [6.45, 7) is 3.10. The van der Waals surface area contributed by atoms with Gasteiger partial charge in [-0.05, 0) is 36.8 Å². The van der Waals surface area contributed by atoms with E-state index in [9.17, 15) is 19.5 Å². The van der Waals surface area contributed by atoms with E-state index < -0.39 is 12.0 Å². The molecule has 0 bridgehead atoms. The van der Waals surface area contributed by atoms with Crippen LogP contribution in [0.1, 0.15) is 36.7 Å². The summed E-state index contributed by atoms with van der Waals surface area (Å²) < 4.78 is 1.81. The number of hydrogen-bond donors (Lipinski definition) is 1. The molecule has 3 rings (SSSR count). The molecule has 130 valence electrons. The fraction of sp³-hybridized carbons (Fsp3) is 0.588. The molecule has 1 spiro atoms. The number of nitrogens with zero attached hydrogens (tertiary/aromatic N) is 3. The summed E-state index contributed by atoms with van der Waals surface area (Å²) in [5, 5.41) is 9.38. The maximum atomic E-state index is 12.6. The highest BCUT2D eigenvalue weighted by molar-refractivity contribution is 5.92. The van der Waals surface area contributed by atoms with Crippen LogP contribution in [0.15, 0.2) is 18.3 Å². The SMILES string of the molecule is CC(=O)N1CC2(CCN(C(=O)c3cccn3C)CC2)C[C@@H]1C(=O)O. The second kappa shape index (κ2) is 5.96. The van der Waals surface area contributed by atoms with Crippen LogP contribution >= 0.6 is 0 Å². The van der Waals surface area contributed by atoms with Gasteiger partial charge in [-0.1, -0.05) is 0 Å². The van der Waals surface area contributed by atoms with Crippen molar-refractivity contribution in [2.24, 2.45) is 12.5 Å². The van der Waals surface area contributed by atoms with Crippen molar-refractivity contribution in [3.05, 3.63) is 24.0 Å². The van der Waals surface area contributed by atoms with E-state index in [4.69, 9.17) is 0 Å². The number of rotatable bonds is 2. The van der Waals surface area contributed by atoms with Gasteiger partial charge in [0.15, 0.2) is 0 Å². The minimum atomic E-state index is -0.940. The van der Waals surface area contributed by atoms with Crippen molar-refractivity contribution < 1.29 is 19.5 Å². The normalized spacial score (nSPS) is 22.8. The number of hydrogen-bond acceptors (Lipinski definition) is 3. The molecule has 2 aliphatic rings. The third kappa shape index (κ3) is 2.79. The molecule has 1 aromatic rings. The van der Waals surface area contributed by atoms with Crippen molar-refractivity contribution in [1.82, 2.24) is 14.4 Å². The molecule has 7 heteroatoms. The number of carbonyl (C=O) groups is 3. The van der Waals surface area contributed by atoms with Crippen LogP contribution in [-0.2, 0) is 16.6 Å². The van der Waals surface area contributed by atoms with Crippen LogP contribution in [0.2, 0.25) is 0 Å². The van der Waals surface area contributed by atoms with Gasteiger partial charge >= 0.3 is 5.97 Å². The number of carbonyl (C=O) groups excluding carboxylic acids is 2. The highest BCUT2D eigenvalue weighted by atomic mass is 16.4. The van der Waals surface area contributed by atoms with Crippen LogP contribution in [-0.4, -0.2) is 62.9 Å². The minimum absolute atomic E-state index is 0.00792. The average molecular weight is 333 g/mol. The molecule has 2 saturated heterocycles. The largest absolute Gasteiger partial charge is 0.480 e. The number of carboxylic acids is 1. The Hall–Kier alpha value is -2.31. The maximum Gasteiger partial charge on any atom is 0.326 e. The lowest BCUT2D eigenvalue weighted by atomic mass is 9.76. The molecule has 7 nitrogen and oxygen atoms in total. The molecule has 1 N–H and O–H groups in total. The molecule has 2 fully saturated rings. The van der Waals surface area contributed by atoms with Gasteiger partial charge < -0.3 is 19.5 Å². The van der Waals surface area contributed by atoms with Gasteiger partial charge in [-0.3, -0.25) is 9.59 Å². The highest BCUT2D eigenvalue weighted by Gasteiger charge is 2.49. The summed E-state index contributed by atoms with van der Waals surface area (Å²) >= 11 is 0. The summed E-state index contributed by atoms with van der Waals surface area (Å²) in [4.78, 5) is 39.1. The van der Waals surface area contributed by atoms with Gasteiger partial charge in [0.2, 0.25) is 5.91 Å². The second-order valence-corrected chi connectivity index (χ2v) is 7.00. The molecule has 0 unspecified atom stereocenters. The first-order chi connectivity index (χ1) is 11.3. The standard InChI is InChI=1S/C17H23N3O4/c1-12(21)20-11-17(10-14(20)16(23)24)5-8-19(9-6-17)15(22)13-4-3-7-18(13)2/h3-4,7,14H,5-6,8-11H2,1-2H3,(H,23,24)/t14-/m1/s1. The Balaban J connectivity index is 1.69. The first kappa shape index (κ1) is 16.5. The van der Waals surface area contributed by atoms with E-state index in [1.165, 1.54) is 11.8 Å². The van der Waals surface area contributed by atoms with E-state index in [1.54, 1.807) is 10.6 Å². The zero-order valence-corrected chi connectivity index (χ0v) is 14.1. The molecule has 3 heterocycles. The number of aromatic nitrogens is 1. The van der Waals surface area contributed by atoms with E-state index in [0.717, 1.165) is 12.8 Å². The summed E-state index contributed by atoms with van der Waals surface area (Å²) in [6, 6.07) is 2.91. The average Bonchev–Trinajstić information content (AvgIpc) is 3.12. The zero-order chi connectivity index (χ0) is 17.5. The van der Waals surface area contributed by atoms with Crippen molar-refractivity contribution in [2.45, 2.75) is 32.2 Å². The Kier molecular flexibility index (Phi) is 4.11. The molecular weight excluding hydrogens is 310 g/mol. The molecule has 1 atom stereocenters. The predicted molar refractivity (Wildman–Crippen MR) is 86.4 cm³/mol. The zero-order valence-electron chi connectivity index (χ0n) is 14.1. The molecule has 0 aromatic carbocycles. The molecule has 0 radical (unpaired) electrons. The van der Waals surface area contributed by atoms with Crippen LogP contribution in [0, 0.1) is 5.41 Å². The summed E-state index contributed by atoms with van der Waals surface area (Å²) in [7, 11) is 1.85. The first-order valence-corrected chi connectivity index (χ1v) is 8.24. The molecule has 1 aromatic heterocycles. The molecule has 0 aliphatic carbocycles. The maximum absolute atomic E-state index is 12.6. The van der Waals surface area contributed by atoms with Crippen molar-refractivity contribution >= 4 is 17.8 Å². The van der Waals surface area contributed by atoms with E-state index in [2.05, 4.69) is 0 Å². The lowest BCUT2D eigenvalue weighted by Gasteiger charge is -2.39. The number of likely N-dealkylation sites (tertiary alicyclic amines) is 2. The Morgan fingerprint density at radius 1 is 1.25 bits per heavy atom. The number of aliphatic carboxylic acids is 1. The fourth-order valence-corrected chi connectivity index (χ4v) is 4.00. The van der Waals surface area contributed by atoms with Crippen molar-refractivity contribution in [3.63, 3.8) is 0 Å². The molecule has 2 aliphatic heterocycles. The molecule has 0 saturated carbocycles. The second-order valence-electron chi connectivity index (χ2n) is 7.00. The van der Waals surface area contributed by atoms with E-state index in [-0.39, 0.29) is 17.2 Å². The topological polar surface area (TPSA) is 82.9 Å². The lowest BCUT2D eigenvalue weighted by molar-refractivity contribution is -0.147. The van der Waals surface area contributed by atoms with Crippen LogP contribution in [0.3, 0.4) is 0 Å². The van der Waals surface area contributed by atoms with Crippen molar-refractivity contribution in [3.8, 4) is 0 Å². The van der Waals surface area contributed by atoms with Gasteiger partial charge in [-0.25, -0.2) is 4.79 Å². The smallest absolute Gasteiger partial charge is 0.326 e. The van der Waals surface area contributed by atoms with Crippen LogP contribution in [0.4, 0.5) is 0 Å². The van der Waals surface area contributed by atoms with Crippen molar-refractivity contribution in [1.29, 1.82) is 0 Å². The van der Waals surface area contributed by atoms with Gasteiger partial charge in [-0.15, -0.1) is 0 Å². The minimum Gasteiger partial charge on any atom is -0.480 e. The molecular formula is C17H23N3O4. The van der Waals surface area contributed by atoms with Gasteiger partial charge in [0.25, 0.3) is 5.91 Å². The highest BCUT2D eigenvalue weighted by Crippen LogP contribution is 2.43. The molecule has 24 heavy (non-hydrogen) atoms. The summed E-state index contributed by atoms with van der Waals surface area (Å²) in [5.41, 5.74) is 0.478. The van der Waals surface area contributed by atoms with E-state index in [1.807, 2.05) is 24.2 Å². The van der Waals surface area contributed by atoms with Gasteiger partial charge in [-0.2, -0.15) is 0 Å². The van der Waals surface area contributed by atoms with E-state index >= 15 is 0 Å². The van der Waals surface area contributed by atoms with Gasteiger partial charge in [0.1, 0.15) is 11.7 Å². The number of amides is 2. The van der Waals surface area contributed by atoms with Gasteiger partial charge in [0, 0.05) is 39.8 Å². The number of carboxylic acid groups (broad SMARTS) is 1. The Morgan fingerprint density at radius 2 is 1.92 bits per heavy atom.